The molecule has 2 aliphatic heterocycles. The fourth-order valence-electron chi connectivity index (χ4n) is 3.21. The summed E-state index contributed by atoms with van der Waals surface area (Å²) < 4.78 is 7.47. The quantitative estimate of drug-likeness (QED) is 0.910. The monoisotopic (exact) mass is 306 g/mol. The van der Waals surface area contributed by atoms with Crippen molar-refractivity contribution < 1.29 is 14.3 Å². The van der Waals surface area contributed by atoms with E-state index >= 15 is 0 Å². The number of hydrogen-bond donors (Lipinski definition) is 1. The molecule has 120 valence electrons. The summed E-state index contributed by atoms with van der Waals surface area (Å²) in [6, 6.07) is 1.92. The number of carbonyl (C=O) groups is 2. The molecule has 0 spiro atoms. The Morgan fingerprint density at radius 2 is 2.32 bits per heavy atom. The molecule has 2 amide bonds. The molecule has 7 heteroatoms. The lowest BCUT2D eigenvalue weighted by Crippen LogP contribution is -2.45. The summed E-state index contributed by atoms with van der Waals surface area (Å²) in [5.41, 5.74) is -0.652. The first-order valence-electron chi connectivity index (χ1n) is 7.74. The minimum absolute atomic E-state index is 0.0849. The molecule has 3 heterocycles. The second-order valence-corrected chi connectivity index (χ2v) is 6.24. The highest BCUT2D eigenvalue weighted by Crippen LogP contribution is 2.30. The summed E-state index contributed by atoms with van der Waals surface area (Å²) in [6.45, 7) is 5.37. The predicted molar refractivity (Wildman–Crippen MR) is 80.4 cm³/mol. The first-order valence-corrected chi connectivity index (χ1v) is 7.74. The lowest BCUT2D eigenvalue weighted by Gasteiger charge is -2.28. The smallest absolute Gasteiger partial charge is 0.254 e. The average molecular weight is 306 g/mol. The van der Waals surface area contributed by atoms with Gasteiger partial charge in [-0.15, -0.1) is 0 Å². The summed E-state index contributed by atoms with van der Waals surface area (Å²) in [5.74, 6) is 0.491. The van der Waals surface area contributed by atoms with E-state index in [1.165, 1.54) is 6.92 Å². The maximum atomic E-state index is 12.6. The van der Waals surface area contributed by atoms with E-state index in [0.717, 1.165) is 25.8 Å². The number of ether oxygens (including phenoxy) is 1. The zero-order chi connectivity index (χ0) is 15.7. The Hall–Kier alpha value is -1.89. The summed E-state index contributed by atoms with van der Waals surface area (Å²) in [6.07, 6.45) is 4.45. The lowest BCUT2D eigenvalue weighted by molar-refractivity contribution is -0.149. The summed E-state index contributed by atoms with van der Waals surface area (Å²) in [5, 5.41) is 7.02. The molecule has 0 unspecified atom stereocenters. The Morgan fingerprint density at radius 1 is 1.50 bits per heavy atom. The van der Waals surface area contributed by atoms with Crippen LogP contribution in [-0.2, 0) is 14.3 Å². The third kappa shape index (κ3) is 2.85. The van der Waals surface area contributed by atoms with Crippen LogP contribution in [0.3, 0.4) is 0 Å². The first kappa shape index (κ1) is 15.0. The van der Waals surface area contributed by atoms with Gasteiger partial charge in [-0.3, -0.25) is 14.3 Å². The average Bonchev–Trinajstić information content (AvgIpc) is 3.17. The van der Waals surface area contributed by atoms with E-state index in [1.54, 1.807) is 6.07 Å². The molecular formula is C15H22N4O3. The minimum Gasteiger partial charge on any atom is -0.365 e. The molecule has 2 aliphatic rings. The molecule has 1 N–H and O–H groups in total. The van der Waals surface area contributed by atoms with E-state index in [-0.39, 0.29) is 17.9 Å². The molecule has 0 bridgehead atoms. The number of amides is 2. The van der Waals surface area contributed by atoms with Crippen molar-refractivity contribution in [3.8, 4) is 0 Å². The van der Waals surface area contributed by atoms with Gasteiger partial charge < -0.3 is 15.0 Å². The van der Waals surface area contributed by atoms with E-state index < -0.39 is 5.60 Å². The number of nitrogens with one attached hydrogen (secondary N) is 1. The number of carbonyl (C=O) groups excluding carboxylic acids is 2. The van der Waals surface area contributed by atoms with Crippen molar-refractivity contribution in [3.05, 3.63) is 12.3 Å². The molecule has 1 aromatic rings. The van der Waals surface area contributed by atoms with Crippen molar-refractivity contribution in [1.82, 2.24) is 14.7 Å². The van der Waals surface area contributed by atoms with Crippen LogP contribution in [0.4, 0.5) is 5.82 Å². The standard InChI is InChI=1S/C15H22N4O3/c1-11(20)16-13-5-8-19(17-13)12-4-7-18(10-12)14(21)15(2)6-3-9-22-15/h5,8,12H,3-4,6-7,9-10H2,1-2H3,(H,16,17,20)/t12-,15-/m0/s1. The second kappa shape index (κ2) is 5.72. The second-order valence-electron chi connectivity index (χ2n) is 6.24. The van der Waals surface area contributed by atoms with Gasteiger partial charge in [-0.25, -0.2) is 0 Å². The topological polar surface area (TPSA) is 76.5 Å². The molecule has 0 saturated carbocycles. The summed E-state index contributed by atoms with van der Waals surface area (Å²) in [7, 11) is 0. The molecule has 22 heavy (non-hydrogen) atoms. The first-order chi connectivity index (χ1) is 10.5. The molecule has 3 rings (SSSR count). The van der Waals surface area contributed by atoms with Crippen LogP contribution in [0.5, 0.6) is 0 Å². The highest BCUT2D eigenvalue weighted by Gasteiger charge is 2.42. The Bertz CT molecular complexity index is 577. The zero-order valence-corrected chi connectivity index (χ0v) is 13.0. The van der Waals surface area contributed by atoms with Crippen LogP contribution in [0.1, 0.15) is 39.2 Å². The van der Waals surface area contributed by atoms with E-state index in [2.05, 4.69) is 10.4 Å². The highest BCUT2D eigenvalue weighted by atomic mass is 16.5. The van der Waals surface area contributed by atoms with Gasteiger partial charge in [-0.2, -0.15) is 5.10 Å². The van der Waals surface area contributed by atoms with Crippen molar-refractivity contribution in [3.63, 3.8) is 0 Å². The lowest BCUT2D eigenvalue weighted by atomic mass is 10.0. The van der Waals surface area contributed by atoms with Gasteiger partial charge in [0.05, 0.1) is 6.04 Å². The maximum Gasteiger partial charge on any atom is 0.254 e. The molecule has 7 nitrogen and oxygen atoms in total. The number of likely N-dealkylation sites (tertiary alicyclic amines) is 1. The van der Waals surface area contributed by atoms with Gasteiger partial charge in [0, 0.05) is 38.9 Å². The van der Waals surface area contributed by atoms with Crippen LogP contribution in [0, 0.1) is 0 Å². The largest absolute Gasteiger partial charge is 0.365 e. The Kier molecular flexibility index (Phi) is 3.90. The number of nitrogens with zero attached hydrogens (tertiary/aromatic N) is 3. The van der Waals surface area contributed by atoms with E-state index in [0.29, 0.717) is 19.0 Å². The van der Waals surface area contributed by atoms with Crippen LogP contribution in [0.15, 0.2) is 12.3 Å². The maximum absolute atomic E-state index is 12.6. The highest BCUT2D eigenvalue weighted by molar-refractivity contribution is 5.87. The van der Waals surface area contributed by atoms with Gasteiger partial charge in [0.2, 0.25) is 5.91 Å². The number of anilines is 1. The number of hydrogen-bond acceptors (Lipinski definition) is 4. The van der Waals surface area contributed by atoms with Crippen LogP contribution in [0.2, 0.25) is 0 Å². The van der Waals surface area contributed by atoms with Crippen molar-refractivity contribution in [2.75, 3.05) is 25.0 Å². The van der Waals surface area contributed by atoms with Crippen molar-refractivity contribution in [2.45, 2.75) is 44.8 Å². The molecule has 0 aromatic carbocycles. The molecule has 2 fully saturated rings. The SMILES string of the molecule is CC(=O)Nc1ccn([C@H]2CCN(C(=O)[C@]3(C)CCCO3)C2)n1. The molecule has 0 aliphatic carbocycles. The number of aromatic nitrogens is 2. The van der Waals surface area contributed by atoms with Gasteiger partial charge in [0.15, 0.2) is 5.82 Å². The Balaban J connectivity index is 1.63. The third-order valence-electron chi connectivity index (χ3n) is 4.41. The van der Waals surface area contributed by atoms with Crippen LogP contribution in [0.25, 0.3) is 0 Å². The fourth-order valence-corrected chi connectivity index (χ4v) is 3.21. The zero-order valence-electron chi connectivity index (χ0n) is 13.0. The van der Waals surface area contributed by atoms with Crippen molar-refractivity contribution in [1.29, 1.82) is 0 Å². The van der Waals surface area contributed by atoms with Gasteiger partial charge >= 0.3 is 0 Å². The predicted octanol–water partition coefficient (Wildman–Crippen LogP) is 1.18. The molecule has 2 saturated heterocycles. The molecule has 2 atom stereocenters. The van der Waals surface area contributed by atoms with Crippen molar-refractivity contribution in [2.24, 2.45) is 0 Å². The Morgan fingerprint density at radius 3 is 3.00 bits per heavy atom. The summed E-state index contributed by atoms with van der Waals surface area (Å²) in [4.78, 5) is 25.5. The van der Waals surface area contributed by atoms with E-state index in [4.69, 9.17) is 4.74 Å². The van der Waals surface area contributed by atoms with Gasteiger partial charge in [-0.1, -0.05) is 0 Å². The van der Waals surface area contributed by atoms with E-state index in [1.807, 2.05) is 22.7 Å². The van der Waals surface area contributed by atoms with Crippen molar-refractivity contribution >= 4 is 17.6 Å². The number of rotatable bonds is 3. The van der Waals surface area contributed by atoms with E-state index in [9.17, 15) is 9.59 Å². The molecular weight excluding hydrogens is 284 g/mol. The van der Waals surface area contributed by atoms with Crippen LogP contribution >= 0.6 is 0 Å². The fraction of sp³-hybridized carbons (Fsp3) is 0.667. The third-order valence-corrected chi connectivity index (χ3v) is 4.41. The van der Waals surface area contributed by atoms with Crippen LogP contribution in [-0.4, -0.2) is 51.8 Å². The van der Waals surface area contributed by atoms with Crippen LogP contribution < -0.4 is 5.32 Å². The van der Waals surface area contributed by atoms with Gasteiger partial charge in [0.25, 0.3) is 5.91 Å². The Labute approximate surface area is 129 Å². The molecule has 0 radical (unpaired) electrons. The molecule has 1 aromatic heterocycles. The normalized spacial score (nSPS) is 28.1. The minimum atomic E-state index is -0.652. The summed E-state index contributed by atoms with van der Waals surface area (Å²) >= 11 is 0. The van der Waals surface area contributed by atoms with Gasteiger partial charge in [-0.05, 0) is 26.2 Å². The van der Waals surface area contributed by atoms with Gasteiger partial charge in [0.1, 0.15) is 5.60 Å².